The zero-order valence-corrected chi connectivity index (χ0v) is 10.5. The SMILES string of the molecule is O=C(CC1OCCc2ccccc21)c1cnns1. The van der Waals surface area contributed by atoms with Gasteiger partial charge in [-0.15, -0.1) is 5.10 Å². The van der Waals surface area contributed by atoms with Crippen LogP contribution in [0.2, 0.25) is 0 Å². The lowest BCUT2D eigenvalue weighted by atomic mass is 9.94. The summed E-state index contributed by atoms with van der Waals surface area (Å²) in [4.78, 5) is 12.6. The van der Waals surface area contributed by atoms with Crippen LogP contribution in [0.5, 0.6) is 0 Å². The Morgan fingerprint density at radius 3 is 3.17 bits per heavy atom. The first-order valence-corrected chi connectivity index (χ1v) is 6.62. The molecule has 1 aliphatic heterocycles. The molecule has 0 bridgehead atoms. The molecule has 0 N–H and O–H groups in total. The van der Waals surface area contributed by atoms with E-state index in [1.807, 2.05) is 18.2 Å². The predicted octanol–water partition coefficient (Wildman–Crippen LogP) is 2.42. The highest BCUT2D eigenvalue weighted by molar-refractivity contribution is 7.07. The third-order valence-electron chi connectivity index (χ3n) is 3.10. The molecule has 18 heavy (non-hydrogen) atoms. The summed E-state index contributed by atoms with van der Waals surface area (Å²) in [5.74, 6) is 0.0479. The minimum Gasteiger partial charge on any atom is -0.373 e. The second-order valence-corrected chi connectivity index (χ2v) is 5.00. The number of carbonyl (C=O) groups is 1. The number of nitrogens with zero attached hydrogens (tertiary/aromatic N) is 2. The molecular formula is C13H12N2O2S. The highest BCUT2D eigenvalue weighted by Gasteiger charge is 2.24. The normalized spacial score (nSPS) is 18.3. The molecule has 4 nitrogen and oxygen atoms in total. The van der Waals surface area contributed by atoms with Gasteiger partial charge in [0.15, 0.2) is 5.78 Å². The molecule has 2 aromatic rings. The Labute approximate surface area is 109 Å². The van der Waals surface area contributed by atoms with Gasteiger partial charge in [0.1, 0.15) is 4.88 Å². The van der Waals surface area contributed by atoms with Crippen molar-refractivity contribution in [3.63, 3.8) is 0 Å². The van der Waals surface area contributed by atoms with E-state index >= 15 is 0 Å². The Balaban J connectivity index is 1.80. The average Bonchev–Trinajstić information content (AvgIpc) is 2.93. The first kappa shape index (κ1) is 11.5. The molecule has 0 spiro atoms. The van der Waals surface area contributed by atoms with Crippen molar-refractivity contribution >= 4 is 17.3 Å². The Morgan fingerprint density at radius 2 is 2.33 bits per heavy atom. The van der Waals surface area contributed by atoms with E-state index in [-0.39, 0.29) is 11.9 Å². The second kappa shape index (κ2) is 4.96. The lowest BCUT2D eigenvalue weighted by Crippen LogP contribution is -2.18. The first-order valence-electron chi connectivity index (χ1n) is 5.84. The van der Waals surface area contributed by atoms with Gasteiger partial charge in [-0.1, -0.05) is 28.8 Å². The minimum atomic E-state index is -0.135. The zero-order valence-electron chi connectivity index (χ0n) is 9.70. The fourth-order valence-corrected chi connectivity index (χ4v) is 2.67. The Hall–Kier alpha value is -1.59. The number of aromatic nitrogens is 2. The number of carbonyl (C=O) groups excluding carboxylic acids is 1. The van der Waals surface area contributed by atoms with Crippen molar-refractivity contribution in [3.05, 3.63) is 46.5 Å². The molecule has 1 aromatic heterocycles. The fraction of sp³-hybridized carbons (Fsp3) is 0.308. The third kappa shape index (κ3) is 2.19. The minimum absolute atomic E-state index is 0.0479. The maximum absolute atomic E-state index is 12.0. The molecule has 0 amide bonds. The summed E-state index contributed by atoms with van der Waals surface area (Å²) >= 11 is 1.13. The van der Waals surface area contributed by atoms with Crippen molar-refractivity contribution < 1.29 is 9.53 Å². The summed E-state index contributed by atoms with van der Waals surface area (Å²) in [6.07, 6.45) is 2.66. The van der Waals surface area contributed by atoms with Crippen LogP contribution in [0.15, 0.2) is 30.5 Å². The molecule has 1 atom stereocenters. The first-order chi connectivity index (χ1) is 8.84. The summed E-state index contributed by atoms with van der Waals surface area (Å²) in [5.41, 5.74) is 2.42. The van der Waals surface area contributed by atoms with Crippen molar-refractivity contribution in [2.24, 2.45) is 0 Å². The van der Waals surface area contributed by atoms with Gasteiger partial charge in [0.25, 0.3) is 0 Å². The summed E-state index contributed by atoms with van der Waals surface area (Å²) in [6, 6.07) is 8.15. The van der Waals surface area contributed by atoms with Crippen molar-refractivity contribution in [2.75, 3.05) is 6.61 Å². The van der Waals surface area contributed by atoms with Crippen LogP contribution in [0.3, 0.4) is 0 Å². The number of Topliss-reactive ketones (excluding diaryl/α,β-unsaturated/α-hetero) is 1. The summed E-state index contributed by atoms with van der Waals surface area (Å²) in [5, 5.41) is 3.69. The number of ketones is 1. The highest BCUT2D eigenvalue weighted by Crippen LogP contribution is 2.30. The molecule has 0 radical (unpaired) electrons. The number of benzene rings is 1. The van der Waals surface area contributed by atoms with E-state index in [9.17, 15) is 4.79 Å². The number of fused-ring (bicyclic) bond motifs is 1. The van der Waals surface area contributed by atoms with Gasteiger partial charge < -0.3 is 4.74 Å². The molecular weight excluding hydrogens is 248 g/mol. The monoisotopic (exact) mass is 260 g/mol. The van der Waals surface area contributed by atoms with Gasteiger partial charge in [-0.2, -0.15) is 0 Å². The molecule has 1 aromatic carbocycles. The number of rotatable bonds is 3. The summed E-state index contributed by atoms with van der Waals surface area (Å²) in [6.45, 7) is 0.676. The summed E-state index contributed by atoms with van der Waals surface area (Å²) in [7, 11) is 0. The maximum Gasteiger partial charge on any atom is 0.178 e. The van der Waals surface area contributed by atoms with Crippen LogP contribution in [0.25, 0.3) is 0 Å². The van der Waals surface area contributed by atoms with E-state index < -0.39 is 0 Å². The van der Waals surface area contributed by atoms with Gasteiger partial charge in [0.05, 0.1) is 18.9 Å². The van der Waals surface area contributed by atoms with Gasteiger partial charge in [-0.3, -0.25) is 4.79 Å². The molecule has 1 unspecified atom stereocenters. The molecule has 92 valence electrons. The Morgan fingerprint density at radius 1 is 1.44 bits per heavy atom. The number of hydrogen-bond acceptors (Lipinski definition) is 5. The van der Waals surface area contributed by atoms with E-state index in [1.54, 1.807) is 0 Å². The zero-order chi connectivity index (χ0) is 12.4. The average molecular weight is 260 g/mol. The fourth-order valence-electron chi connectivity index (χ4n) is 2.20. The largest absolute Gasteiger partial charge is 0.373 e. The van der Waals surface area contributed by atoms with E-state index in [4.69, 9.17) is 4.74 Å². The molecule has 0 saturated heterocycles. The highest BCUT2D eigenvalue weighted by atomic mass is 32.1. The van der Waals surface area contributed by atoms with Crippen LogP contribution in [-0.2, 0) is 11.2 Å². The lowest BCUT2D eigenvalue weighted by Gasteiger charge is -2.25. The standard InChI is InChI=1S/C13H12N2O2S/c16-11(13-8-14-15-18-13)7-12-10-4-2-1-3-9(10)5-6-17-12/h1-4,8,12H,5-7H2. The van der Waals surface area contributed by atoms with Crippen molar-refractivity contribution in [3.8, 4) is 0 Å². The lowest BCUT2D eigenvalue weighted by molar-refractivity contribution is 0.0353. The quantitative estimate of drug-likeness (QED) is 0.795. The Bertz CT molecular complexity index is 554. The molecule has 3 rings (SSSR count). The number of ether oxygens (including phenoxy) is 1. The van der Waals surface area contributed by atoms with E-state index in [1.165, 1.54) is 11.8 Å². The molecule has 5 heteroatoms. The summed E-state index contributed by atoms with van der Waals surface area (Å²) < 4.78 is 9.43. The molecule has 0 aliphatic carbocycles. The molecule has 0 saturated carbocycles. The molecule has 0 fully saturated rings. The van der Waals surface area contributed by atoms with Gasteiger partial charge in [-0.05, 0) is 29.1 Å². The van der Waals surface area contributed by atoms with Gasteiger partial charge >= 0.3 is 0 Å². The Kier molecular flexibility index (Phi) is 3.17. The van der Waals surface area contributed by atoms with E-state index in [0.29, 0.717) is 17.9 Å². The van der Waals surface area contributed by atoms with Crippen molar-refractivity contribution in [1.82, 2.24) is 9.59 Å². The van der Waals surface area contributed by atoms with Crippen molar-refractivity contribution in [2.45, 2.75) is 18.9 Å². The maximum atomic E-state index is 12.0. The number of hydrogen-bond donors (Lipinski definition) is 0. The van der Waals surface area contributed by atoms with Gasteiger partial charge in [0.2, 0.25) is 0 Å². The van der Waals surface area contributed by atoms with E-state index in [0.717, 1.165) is 23.5 Å². The van der Waals surface area contributed by atoms with Crippen LogP contribution in [0, 0.1) is 0 Å². The van der Waals surface area contributed by atoms with Gasteiger partial charge in [0, 0.05) is 6.42 Å². The van der Waals surface area contributed by atoms with Crippen LogP contribution in [0.4, 0.5) is 0 Å². The third-order valence-corrected chi connectivity index (χ3v) is 3.81. The molecule has 1 aliphatic rings. The van der Waals surface area contributed by atoms with Crippen LogP contribution in [-0.4, -0.2) is 22.0 Å². The second-order valence-electron chi connectivity index (χ2n) is 4.22. The van der Waals surface area contributed by atoms with Crippen molar-refractivity contribution in [1.29, 1.82) is 0 Å². The topological polar surface area (TPSA) is 52.1 Å². The smallest absolute Gasteiger partial charge is 0.178 e. The van der Waals surface area contributed by atoms with Crippen LogP contribution < -0.4 is 0 Å². The van der Waals surface area contributed by atoms with Crippen LogP contribution >= 0.6 is 11.5 Å². The van der Waals surface area contributed by atoms with Gasteiger partial charge in [-0.25, -0.2) is 0 Å². The van der Waals surface area contributed by atoms with E-state index in [2.05, 4.69) is 15.7 Å². The molecule has 2 heterocycles. The van der Waals surface area contributed by atoms with Crippen LogP contribution in [0.1, 0.15) is 33.3 Å². The predicted molar refractivity (Wildman–Crippen MR) is 67.7 cm³/mol.